The molecule has 1 amide bonds. The predicted molar refractivity (Wildman–Crippen MR) is 152 cm³/mol. The number of carbonyl (C=O) groups is 2. The Morgan fingerprint density at radius 2 is 1.56 bits per heavy atom. The molecule has 0 unspecified atom stereocenters. The van der Waals surface area contributed by atoms with Crippen molar-refractivity contribution in [3.05, 3.63) is 83.9 Å². The lowest BCUT2D eigenvalue weighted by atomic mass is 9.95. The fourth-order valence-electron chi connectivity index (χ4n) is 4.44. The Balaban J connectivity index is 1.62. The number of aliphatic imine (C=N–C) groups is 1. The van der Waals surface area contributed by atoms with Crippen molar-refractivity contribution in [3.63, 3.8) is 0 Å². The van der Waals surface area contributed by atoms with Crippen molar-refractivity contribution in [2.45, 2.75) is 70.7 Å². The molecule has 0 bridgehead atoms. The first-order valence-electron chi connectivity index (χ1n) is 13.0. The zero-order valence-electron chi connectivity index (χ0n) is 22.7. The highest BCUT2D eigenvalue weighted by Gasteiger charge is 2.53. The van der Waals surface area contributed by atoms with Crippen LogP contribution < -0.4 is 0 Å². The Morgan fingerprint density at radius 1 is 1.00 bits per heavy atom. The van der Waals surface area contributed by atoms with E-state index in [4.69, 9.17) is 19.2 Å². The molecule has 8 nitrogen and oxygen atoms in total. The Labute approximate surface area is 234 Å². The maximum Gasteiger partial charge on any atom is 0.413 e. The number of fused-ring (bicyclic) bond motifs is 1. The summed E-state index contributed by atoms with van der Waals surface area (Å²) in [6.07, 6.45) is 0.449. The zero-order valence-corrected chi connectivity index (χ0v) is 23.5. The van der Waals surface area contributed by atoms with Crippen molar-refractivity contribution in [2.75, 3.05) is 6.54 Å². The van der Waals surface area contributed by atoms with Crippen molar-refractivity contribution in [3.8, 4) is 0 Å². The average molecular weight is 553 g/mol. The summed E-state index contributed by atoms with van der Waals surface area (Å²) in [5, 5.41) is 10.3. The maximum atomic E-state index is 12.8. The minimum absolute atomic E-state index is 0.0830. The van der Waals surface area contributed by atoms with Gasteiger partial charge in [0.1, 0.15) is 29.8 Å². The van der Waals surface area contributed by atoms with Crippen LogP contribution in [0.5, 0.6) is 0 Å². The lowest BCUT2D eigenvalue weighted by molar-refractivity contribution is -0.198. The average Bonchev–Trinajstić information content (AvgIpc) is 3.32. The lowest BCUT2D eigenvalue weighted by Gasteiger charge is -2.41. The van der Waals surface area contributed by atoms with Crippen molar-refractivity contribution in [1.82, 2.24) is 4.90 Å². The number of carboxylic acid groups (broad SMARTS) is 1. The number of ether oxygens (including phenoxy) is 3. The number of hydrogen-bond acceptors (Lipinski definition) is 7. The van der Waals surface area contributed by atoms with Gasteiger partial charge in [-0.25, -0.2) is 4.79 Å². The van der Waals surface area contributed by atoms with Gasteiger partial charge in [0.05, 0.1) is 13.2 Å². The summed E-state index contributed by atoms with van der Waals surface area (Å²) in [4.78, 5) is 30.9. The van der Waals surface area contributed by atoms with Gasteiger partial charge in [-0.05, 0) is 23.5 Å². The van der Waals surface area contributed by atoms with E-state index in [0.29, 0.717) is 5.17 Å². The fourth-order valence-corrected chi connectivity index (χ4v) is 5.64. The van der Waals surface area contributed by atoms with Crippen molar-refractivity contribution < 1.29 is 28.9 Å². The fraction of sp³-hybridized carbons (Fsp3) is 0.433. The van der Waals surface area contributed by atoms with Gasteiger partial charge in [-0.2, -0.15) is 0 Å². The van der Waals surface area contributed by atoms with Crippen LogP contribution in [-0.2, 0) is 32.2 Å². The van der Waals surface area contributed by atoms with E-state index in [2.05, 4.69) is 0 Å². The summed E-state index contributed by atoms with van der Waals surface area (Å²) < 4.78 is 19.0. The van der Waals surface area contributed by atoms with E-state index in [1.165, 1.54) is 23.6 Å². The SMILES string of the molecule is CC(=O)[C@H]1O[C@@H]2SC(N(CC=CC(C)(C)C)C(=O)O)=N[C@@H]2[C@@H](OCc2ccccc2)[C@@H]1OCc1ccccc1. The summed E-state index contributed by atoms with van der Waals surface area (Å²) in [5.74, 6) is -0.183. The summed E-state index contributed by atoms with van der Waals surface area (Å²) in [7, 11) is 0. The monoisotopic (exact) mass is 552 g/mol. The molecule has 2 aliphatic heterocycles. The first-order valence-corrected chi connectivity index (χ1v) is 13.9. The van der Waals surface area contributed by atoms with Gasteiger partial charge < -0.3 is 19.3 Å². The molecule has 1 N–H and O–H groups in total. The number of allylic oxidation sites excluding steroid dienone is 1. The van der Waals surface area contributed by atoms with Crippen LogP contribution in [0.2, 0.25) is 0 Å². The highest BCUT2D eigenvalue weighted by atomic mass is 32.2. The summed E-state index contributed by atoms with van der Waals surface area (Å²) in [6, 6.07) is 18.9. The molecule has 208 valence electrons. The van der Waals surface area contributed by atoms with Gasteiger partial charge in [-0.3, -0.25) is 14.7 Å². The second-order valence-electron chi connectivity index (χ2n) is 10.7. The van der Waals surface area contributed by atoms with Crippen LogP contribution >= 0.6 is 11.8 Å². The lowest BCUT2D eigenvalue weighted by Crippen LogP contribution is -2.58. The molecule has 0 aromatic heterocycles. The second kappa shape index (κ2) is 12.9. The molecule has 2 heterocycles. The number of rotatable bonds is 9. The van der Waals surface area contributed by atoms with Crippen molar-refractivity contribution >= 4 is 28.8 Å². The molecule has 4 rings (SSSR count). The molecule has 5 atom stereocenters. The Kier molecular flexibility index (Phi) is 9.61. The molecule has 39 heavy (non-hydrogen) atoms. The Hall–Kier alpha value is -2.98. The molecular weight excluding hydrogens is 516 g/mol. The molecular formula is C30H36N2O6S. The third kappa shape index (κ3) is 7.79. The first kappa shape index (κ1) is 29.0. The van der Waals surface area contributed by atoms with Gasteiger partial charge in [0, 0.05) is 6.54 Å². The molecule has 2 aromatic rings. The van der Waals surface area contributed by atoms with Crippen LogP contribution in [-0.4, -0.2) is 63.4 Å². The molecule has 0 saturated carbocycles. The summed E-state index contributed by atoms with van der Waals surface area (Å²) in [6.45, 7) is 8.32. The van der Waals surface area contributed by atoms with Gasteiger partial charge in [0.2, 0.25) is 0 Å². The van der Waals surface area contributed by atoms with Crippen LogP contribution in [0, 0.1) is 5.41 Å². The topological polar surface area (TPSA) is 97.7 Å². The molecule has 0 spiro atoms. The number of benzene rings is 2. The number of amidine groups is 1. The van der Waals surface area contributed by atoms with Gasteiger partial charge in [-0.1, -0.05) is 105 Å². The van der Waals surface area contributed by atoms with Gasteiger partial charge >= 0.3 is 6.09 Å². The van der Waals surface area contributed by atoms with Crippen LogP contribution in [0.1, 0.15) is 38.8 Å². The van der Waals surface area contributed by atoms with E-state index in [9.17, 15) is 14.7 Å². The number of carbonyl (C=O) groups excluding carboxylic acids is 1. The highest BCUT2D eigenvalue weighted by molar-refractivity contribution is 8.14. The molecule has 2 aliphatic rings. The second-order valence-corrected chi connectivity index (χ2v) is 11.8. The van der Waals surface area contributed by atoms with Crippen molar-refractivity contribution in [2.24, 2.45) is 10.4 Å². The van der Waals surface area contributed by atoms with Gasteiger partial charge in [-0.15, -0.1) is 0 Å². The summed E-state index contributed by atoms with van der Waals surface area (Å²) >= 11 is 1.20. The predicted octanol–water partition coefficient (Wildman–Crippen LogP) is 5.52. The van der Waals surface area contributed by atoms with E-state index in [0.717, 1.165) is 11.1 Å². The molecule has 1 saturated heterocycles. The molecule has 0 aliphatic carbocycles. The van der Waals surface area contributed by atoms with E-state index < -0.39 is 35.9 Å². The van der Waals surface area contributed by atoms with Crippen LogP contribution in [0.25, 0.3) is 0 Å². The largest absolute Gasteiger partial charge is 0.465 e. The maximum absolute atomic E-state index is 12.8. The number of thioether (sulfide) groups is 1. The Morgan fingerprint density at radius 3 is 2.08 bits per heavy atom. The Bertz CT molecular complexity index is 1180. The normalized spacial score (nSPS) is 24.8. The molecule has 0 radical (unpaired) electrons. The van der Waals surface area contributed by atoms with Crippen LogP contribution in [0.3, 0.4) is 0 Å². The van der Waals surface area contributed by atoms with E-state index in [1.54, 1.807) is 0 Å². The zero-order chi connectivity index (χ0) is 28.0. The number of hydrogen-bond donors (Lipinski definition) is 1. The number of nitrogens with zero attached hydrogens (tertiary/aromatic N) is 2. The van der Waals surface area contributed by atoms with Crippen LogP contribution in [0.4, 0.5) is 4.79 Å². The minimum Gasteiger partial charge on any atom is -0.465 e. The third-order valence-electron chi connectivity index (χ3n) is 6.34. The number of amides is 1. The number of ketones is 1. The minimum atomic E-state index is -1.11. The first-order chi connectivity index (χ1) is 18.6. The van der Waals surface area contributed by atoms with Gasteiger partial charge in [0.15, 0.2) is 11.0 Å². The quantitative estimate of drug-likeness (QED) is 0.409. The third-order valence-corrected chi connectivity index (χ3v) is 7.50. The van der Waals surface area contributed by atoms with E-state index in [1.807, 2.05) is 93.6 Å². The summed E-state index contributed by atoms with van der Waals surface area (Å²) in [5.41, 5.74) is 1.26. The van der Waals surface area contributed by atoms with Gasteiger partial charge in [0.25, 0.3) is 0 Å². The molecule has 9 heteroatoms. The van der Waals surface area contributed by atoms with Crippen LogP contribution in [0.15, 0.2) is 77.8 Å². The van der Waals surface area contributed by atoms with Crippen molar-refractivity contribution in [1.29, 1.82) is 0 Å². The highest BCUT2D eigenvalue weighted by Crippen LogP contribution is 2.40. The molecule has 1 fully saturated rings. The standard InChI is InChI=1S/C30H36N2O6S/c1-20(33)24-26(37-19-22-14-9-6-10-15-22)25(36-18-21-12-7-5-8-13-21)23-27(38-24)39-28(31-23)32(29(34)35)17-11-16-30(2,3)4/h5-16,23-27H,17-19H2,1-4H3,(H,34,35)/t23-,24-,25-,26-,27-/m1/s1. The smallest absolute Gasteiger partial charge is 0.413 e. The van der Waals surface area contributed by atoms with E-state index in [-0.39, 0.29) is 31.0 Å². The molecule has 2 aromatic carbocycles. The van der Waals surface area contributed by atoms with E-state index >= 15 is 0 Å². The number of Topliss-reactive ketones (excluding diaryl/α,β-unsaturated/α-hetero) is 1.